The van der Waals surface area contributed by atoms with Crippen LogP contribution in [0.25, 0.3) is 11.3 Å². The van der Waals surface area contributed by atoms with Gasteiger partial charge in [0.25, 0.3) is 0 Å². The van der Waals surface area contributed by atoms with E-state index >= 15 is 0 Å². The number of nitrogens with zero attached hydrogens (tertiary/aromatic N) is 1. The van der Waals surface area contributed by atoms with Crippen LogP contribution in [-0.2, 0) is 6.18 Å². The second-order valence-corrected chi connectivity index (χ2v) is 4.23. The second-order valence-electron chi connectivity index (χ2n) is 4.23. The topological polar surface area (TPSA) is 47.9 Å². The molecule has 0 fully saturated rings. The van der Waals surface area contributed by atoms with E-state index in [2.05, 4.69) is 4.98 Å². The predicted octanol–water partition coefficient (Wildman–Crippen LogP) is 4.55. The van der Waals surface area contributed by atoms with E-state index in [1.54, 1.807) is 13.0 Å². The molecule has 1 aromatic heterocycles. The molecule has 2 aromatic rings. The summed E-state index contributed by atoms with van der Waals surface area (Å²) in [5.74, 6) is 0. The van der Waals surface area contributed by atoms with E-state index in [1.165, 1.54) is 6.07 Å². The van der Waals surface area contributed by atoms with Crippen LogP contribution in [0.1, 0.15) is 16.8 Å². The number of aromatic nitrogens is 1. The first kappa shape index (κ1) is 15.2. The molecule has 0 saturated heterocycles. The van der Waals surface area contributed by atoms with Gasteiger partial charge in [0.2, 0.25) is 0 Å². The molecule has 0 spiro atoms. The molecule has 2 rings (SSSR count). The highest BCUT2D eigenvalue weighted by Gasteiger charge is 2.32. The van der Waals surface area contributed by atoms with Gasteiger partial charge in [0.15, 0.2) is 0 Å². The largest absolute Gasteiger partial charge is 0.433 e. The zero-order valence-corrected chi connectivity index (χ0v) is 10.8. The molecule has 0 amide bonds. The zero-order chi connectivity index (χ0) is 13.3. The third-order valence-corrected chi connectivity index (χ3v) is 2.68. The van der Waals surface area contributed by atoms with Crippen LogP contribution in [0.15, 0.2) is 36.4 Å². The van der Waals surface area contributed by atoms with Gasteiger partial charge >= 0.3 is 6.18 Å². The van der Waals surface area contributed by atoms with Crippen molar-refractivity contribution in [1.82, 2.24) is 11.1 Å². The van der Waals surface area contributed by atoms with E-state index < -0.39 is 11.9 Å². The summed E-state index contributed by atoms with van der Waals surface area (Å²) in [5, 5.41) is 0. The summed E-state index contributed by atoms with van der Waals surface area (Å²) in [5.41, 5.74) is 1.96. The van der Waals surface area contributed by atoms with Gasteiger partial charge in [-0.1, -0.05) is 29.8 Å². The Morgan fingerprint density at radius 2 is 1.68 bits per heavy atom. The number of benzene rings is 1. The Labute approximate surface area is 109 Å². The molecule has 0 aliphatic rings. The Morgan fingerprint density at radius 3 is 2.26 bits per heavy atom. The molecule has 0 unspecified atom stereocenters. The lowest BCUT2D eigenvalue weighted by Gasteiger charge is -2.10. The molecule has 0 atom stereocenters. The minimum absolute atomic E-state index is 0. The number of alkyl halides is 3. The van der Waals surface area contributed by atoms with Crippen molar-refractivity contribution in [3.05, 3.63) is 53.2 Å². The lowest BCUT2D eigenvalue weighted by molar-refractivity contribution is -0.141. The van der Waals surface area contributed by atoms with Crippen molar-refractivity contribution in [1.29, 1.82) is 0 Å². The third kappa shape index (κ3) is 3.32. The lowest BCUT2D eigenvalue weighted by atomic mass is 10.0. The smallest absolute Gasteiger partial charge is 0.344 e. The van der Waals surface area contributed by atoms with Gasteiger partial charge < -0.3 is 6.15 Å². The molecule has 5 heteroatoms. The first-order valence-corrected chi connectivity index (χ1v) is 5.50. The van der Waals surface area contributed by atoms with Crippen molar-refractivity contribution >= 4 is 0 Å². The molecule has 0 aliphatic carbocycles. The molecule has 0 aliphatic heterocycles. The van der Waals surface area contributed by atoms with Crippen LogP contribution in [0.3, 0.4) is 0 Å². The number of rotatable bonds is 1. The van der Waals surface area contributed by atoms with Gasteiger partial charge in [0, 0.05) is 5.56 Å². The second kappa shape index (κ2) is 5.40. The average Bonchev–Trinajstić information content (AvgIpc) is 2.28. The summed E-state index contributed by atoms with van der Waals surface area (Å²) in [6.45, 7) is 3.65. The molecule has 0 radical (unpaired) electrons. The van der Waals surface area contributed by atoms with Crippen LogP contribution in [0.4, 0.5) is 13.2 Å². The molecule has 1 heterocycles. The highest BCUT2D eigenvalue weighted by molar-refractivity contribution is 5.63. The Kier molecular flexibility index (Phi) is 4.32. The standard InChI is InChI=1S/C14H12F3N.H3N/c1-9-4-3-5-11(8-9)13-10(2)6-7-12(18-13)14(15,16)17;/h3-8H,1-2H3;1H3. The van der Waals surface area contributed by atoms with Gasteiger partial charge in [-0.15, -0.1) is 0 Å². The molecule has 102 valence electrons. The van der Waals surface area contributed by atoms with Gasteiger partial charge in [0.1, 0.15) is 5.69 Å². The maximum atomic E-state index is 12.6. The van der Waals surface area contributed by atoms with Gasteiger partial charge in [0.05, 0.1) is 5.69 Å². The van der Waals surface area contributed by atoms with Crippen molar-refractivity contribution in [2.75, 3.05) is 0 Å². The quantitative estimate of drug-likeness (QED) is 0.825. The van der Waals surface area contributed by atoms with E-state index in [0.717, 1.165) is 17.2 Å². The number of hydrogen-bond donors (Lipinski definition) is 1. The fourth-order valence-corrected chi connectivity index (χ4v) is 1.77. The van der Waals surface area contributed by atoms with Crippen LogP contribution >= 0.6 is 0 Å². The van der Waals surface area contributed by atoms with Crippen LogP contribution in [0, 0.1) is 13.8 Å². The Balaban J connectivity index is 0.00000180. The van der Waals surface area contributed by atoms with E-state index in [1.807, 2.05) is 25.1 Å². The van der Waals surface area contributed by atoms with Crippen molar-refractivity contribution in [2.24, 2.45) is 0 Å². The van der Waals surface area contributed by atoms with Gasteiger partial charge in [-0.2, -0.15) is 13.2 Å². The highest BCUT2D eigenvalue weighted by Crippen LogP contribution is 2.31. The zero-order valence-electron chi connectivity index (χ0n) is 10.8. The van der Waals surface area contributed by atoms with Gasteiger partial charge in [-0.25, -0.2) is 4.98 Å². The van der Waals surface area contributed by atoms with Crippen LogP contribution in [-0.4, -0.2) is 4.98 Å². The molecule has 2 nitrogen and oxygen atoms in total. The maximum absolute atomic E-state index is 12.6. The van der Waals surface area contributed by atoms with Crippen molar-refractivity contribution in [2.45, 2.75) is 20.0 Å². The van der Waals surface area contributed by atoms with Crippen molar-refractivity contribution in [3.8, 4) is 11.3 Å². The normalized spacial score (nSPS) is 11.0. The maximum Gasteiger partial charge on any atom is 0.433 e. The average molecular weight is 268 g/mol. The van der Waals surface area contributed by atoms with E-state index in [9.17, 15) is 13.2 Å². The molecular weight excluding hydrogens is 253 g/mol. The summed E-state index contributed by atoms with van der Waals surface area (Å²) in [4.78, 5) is 3.73. The van der Waals surface area contributed by atoms with E-state index in [-0.39, 0.29) is 6.15 Å². The van der Waals surface area contributed by atoms with Crippen LogP contribution < -0.4 is 6.15 Å². The number of pyridine rings is 1. The van der Waals surface area contributed by atoms with E-state index in [4.69, 9.17) is 0 Å². The summed E-state index contributed by atoms with van der Waals surface area (Å²) in [6, 6.07) is 9.76. The molecule has 1 aromatic carbocycles. The fraction of sp³-hybridized carbons (Fsp3) is 0.214. The number of aryl methyl sites for hydroxylation is 2. The molecule has 3 N–H and O–H groups in total. The molecular formula is C14H15F3N2. The Hall–Kier alpha value is -1.88. The van der Waals surface area contributed by atoms with E-state index in [0.29, 0.717) is 11.3 Å². The third-order valence-electron chi connectivity index (χ3n) is 2.68. The minimum Gasteiger partial charge on any atom is -0.344 e. The van der Waals surface area contributed by atoms with Gasteiger partial charge in [-0.05, 0) is 31.5 Å². The summed E-state index contributed by atoms with van der Waals surface area (Å²) in [7, 11) is 0. The monoisotopic (exact) mass is 268 g/mol. The number of halogens is 3. The highest BCUT2D eigenvalue weighted by atomic mass is 19.4. The van der Waals surface area contributed by atoms with Gasteiger partial charge in [-0.3, -0.25) is 0 Å². The summed E-state index contributed by atoms with van der Waals surface area (Å²) < 4.78 is 37.9. The first-order valence-electron chi connectivity index (χ1n) is 5.50. The minimum atomic E-state index is -4.41. The Morgan fingerprint density at radius 1 is 1.00 bits per heavy atom. The Bertz CT molecular complexity index is 577. The van der Waals surface area contributed by atoms with Crippen molar-refractivity contribution < 1.29 is 13.2 Å². The summed E-state index contributed by atoms with van der Waals surface area (Å²) in [6.07, 6.45) is -4.41. The molecule has 0 saturated carbocycles. The van der Waals surface area contributed by atoms with Crippen LogP contribution in [0.2, 0.25) is 0 Å². The lowest BCUT2D eigenvalue weighted by Crippen LogP contribution is -2.08. The van der Waals surface area contributed by atoms with Crippen molar-refractivity contribution in [3.63, 3.8) is 0 Å². The molecule has 0 bridgehead atoms. The number of hydrogen-bond acceptors (Lipinski definition) is 2. The van der Waals surface area contributed by atoms with Crippen LogP contribution in [0.5, 0.6) is 0 Å². The molecule has 19 heavy (non-hydrogen) atoms. The fourth-order valence-electron chi connectivity index (χ4n) is 1.77. The first-order chi connectivity index (χ1) is 8.38. The predicted molar refractivity (Wildman–Crippen MR) is 69.2 cm³/mol. The SMILES string of the molecule is Cc1cccc(-c2nc(C(F)(F)F)ccc2C)c1.N. The summed E-state index contributed by atoms with van der Waals surface area (Å²) >= 11 is 0.